The second kappa shape index (κ2) is 5.12. The average Bonchev–Trinajstić information content (AvgIpc) is 2.56. The van der Waals surface area contributed by atoms with Crippen LogP contribution in [-0.4, -0.2) is 24.9 Å². The summed E-state index contributed by atoms with van der Waals surface area (Å²) in [6.45, 7) is 8.77. The molecule has 0 aliphatic carbocycles. The zero-order chi connectivity index (χ0) is 14.1. The van der Waals surface area contributed by atoms with Gasteiger partial charge in [0.05, 0.1) is 11.2 Å². The zero-order valence-corrected chi connectivity index (χ0v) is 12.1. The first-order chi connectivity index (χ1) is 8.87. The van der Waals surface area contributed by atoms with E-state index in [1.54, 1.807) is 0 Å². The van der Waals surface area contributed by atoms with Gasteiger partial charge in [-0.25, -0.2) is 0 Å². The van der Waals surface area contributed by atoms with Crippen LogP contribution < -0.4 is 11.2 Å². The topological polar surface area (TPSA) is 44.5 Å². The lowest BCUT2D eigenvalue weighted by molar-refractivity contribution is 0.00578. The molecular formula is C15H22BNO2. The van der Waals surface area contributed by atoms with Gasteiger partial charge >= 0.3 is 7.12 Å². The fourth-order valence-electron chi connectivity index (χ4n) is 2.04. The molecule has 1 saturated heterocycles. The van der Waals surface area contributed by atoms with E-state index in [1.165, 1.54) is 0 Å². The molecule has 0 bridgehead atoms. The molecule has 102 valence electrons. The number of nitrogens with two attached hydrogens (primary N) is 1. The third-order valence-electron chi connectivity index (χ3n) is 3.94. The van der Waals surface area contributed by atoms with Gasteiger partial charge in [0.15, 0.2) is 0 Å². The summed E-state index contributed by atoms with van der Waals surface area (Å²) in [5.74, 6) is 0. The first-order valence-corrected chi connectivity index (χ1v) is 6.68. The Morgan fingerprint density at radius 2 is 1.68 bits per heavy atom. The van der Waals surface area contributed by atoms with E-state index in [1.807, 2.05) is 36.4 Å². The standard InChI is InChI=1S/C15H22BNO2/c1-14(2)15(3,4)19-16(18-14)13-10-6-5-8-12(13)9-7-11-17/h5-10H,11,17H2,1-4H3. The van der Waals surface area contributed by atoms with Gasteiger partial charge in [-0.05, 0) is 38.7 Å². The van der Waals surface area contributed by atoms with E-state index in [0.717, 1.165) is 11.0 Å². The van der Waals surface area contributed by atoms with Crippen molar-refractivity contribution in [3.8, 4) is 0 Å². The highest BCUT2D eigenvalue weighted by Gasteiger charge is 2.52. The van der Waals surface area contributed by atoms with Crippen LogP contribution in [0.4, 0.5) is 0 Å². The minimum Gasteiger partial charge on any atom is -0.399 e. The van der Waals surface area contributed by atoms with Crippen LogP contribution in [0.1, 0.15) is 33.3 Å². The fraction of sp³-hybridized carbons (Fsp3) is 0.467. The molecule has 2 rings (SSSR count). The Hall–Kier alpha value is -1.10. The summed E-state index contributed by atoms with van der Waals surface area (Å²) in [7, 11) is -0.330. The zero-order valence-electron chi connectivity index (χ0n) is 12.1. The van der Waals surface area contributed by atoms with Crippen LogP contribution in [-0.2, 0) is 9.31 Å². The largest absolute Gasteiger partial charge is 0.495 e. The molecule has 0 atom stereocenters. The molecule has 1 aliphatic rings. The molecule has 1 fully saturated rings. The fourth-order valence-corrected chi connectivity index (χ4v) is 2.04. The highest BCUT2D eigenvalue weighted by molar-refractivity contribution is 6.63. The normalized spacial score (nSPS) is 21.2. The minimum atomic E-state index is -0.330. The third kappa shape index (κ3) is 2.76. The van der Waals surface area contributed by atoms with Gasteiger partial charge in [0.1, 0.15) is 0 Å². The Labute approximate surface area is 115 Å². The van der Waals surface area contributed by atoms with E-state index < -0.39 is 0 Å². The van der Waals surface area contributed by atoms with Crippen molar-refractivity contribution < 1.29 is 9.31 Å². The first-order valence-electron chi connectivity index (χ1n) is 6.68. The lowest BCUT2D eigenvalue weighted by Gasteiger charge is -2.32. The first kappa shape index (κ1) is 14.3. The summed E-state index contributed by atoms with van der Waals surface area (Å²) in [5.41, 5.74) is 7.02. The summed E-state index contributed by atoms with van der Waals surface area (Å²) in [5, 5.41) is 0. The Morgan fingerprint density at radius 1 is 1.11 bits per heavy atom. The van der Waals surface area contributed by atoms with Gasteiger partial charge in [-0.15, -0.1) is 0 Å². The molecule has 0 amide bonds. The summed E-state index contributed by atoms with van der Waals surface area (Å²) in [6, 6.07) is 8.09. The summed E-state index contributed by atoms with van der Waals surface area (Å²) in [6.07, 6.45) is 3.95. The average molecular weight is 259 g/mol. The van der Waals surface area contributed by atoms with Crippen molar-refractivity contribution in [1.29, 1.82) is 0 Å². The van der Waals surface area contributed by atoms with Crippen LogP contribution in [0.3, 0.4) is 0 Å². The van der Waals surface area contributed by atoms with Crippen molar-refractivity contribution in [2.24, 2.45) is 5.73 Å². The van der Waals surface area contributed by atoms with Gasteiger partial charge in [-0.1, -0.05) is 36.4 Å². The molecule has 0 spiro atoms. The van der Waals surface area contributed by atoms with Crippen molar-refractivity contribution in [3.63, 3.8) is 0 Å². The highest BCUT2D eigenvalue weighted by atomic mass is 16.7. The molecule has 0 aromatic heterocycles. The molecule has 0 radical (unpaired) electrons. The van der Waals surface area contributed by atoms with Crippen LogP contribution >= 0.6 is 0 Å². The van der Waals surface area contributed by atoms with Gasteiger partial charge < -0.3 is 15.0 Å². The predicted octanol–water partition coefficient (Wildman–Crippen LogP) is 1.96. The Morgan fingerprint density at radius 3 is 2.26 bits per heavy atom. The molecule has 0 unspecified atom stereocenters. The predicted molar refractivity (Wildman–Crippen MR) is 80.2 cm³/mol. The molecule has 1 aromatic rings. The van der Waals surface area contributed by atoms with Crippen molar-refractivity contribution in [1.82, 2.24) is 0 Å². The van der Waals surface area contributed by atoms with Crippen LogP contribution in [0, 0.1) is 0 Å². The maximum Gasteiger partial charge on any atom is 0.495 e. The van der Waals surface area contributed by atoms with Crippen molar-refractivity contribution in [2.75, 3.05) is 6.54 Å². The summed E-state index contributed by atoms with van der Waals surface area (Å²) < 4.78 is 12.2. The second-order valence-electron chi connectivity index (χ2n) is 5.86. The molecule has 1 aliphatic heterocycles. The van der Waals surface area contributed by atoms with E-state index in [0.29, 0.717) is 6.54 Å². The van der Waals surface area contributed by atoms with Gasteiger partial charge in [0.25, 0.3) is 0 Å². The smallest absolute Gasteiger partial charge is 0.399 e. The van der Waals surface area contributed by atoms with E-state index in [-0.39, 0.29) is 18.3 Å². The van der Waals surface area contributed by atoms with Gasteiger partial charge in [0.2, 0.25) is 0 Å². The van der Waals surface area contributed by atoms with Crippen LogP contribution in [0.2, 0.25) is 0 Å². The number of benzene rings is 1. The van der Waals surface area contributed by atoms with Crippen molar-refractivity contribution in [2.45, 2.75) is 38.9 Å². The molecule has 3 nitrogen and oxygen atoms in total. The van der Waals surface area contributed by atoms with E-state index in [4.69, 9.17) is 15.0 Å². The van der Waals surface area contributed by atoms with Gasteiger partial charge in [-0.2, -0.15) is 0 Å². The van der Waals surface area contributed by atoms with Gasteiger partial charge in [0, 0.05) is 6.54 Å². The van der Waals surface area contributed by atoms with E-state index in [9.17, 15) is 0 Å². The monoisotopic (exact) mass is 259 g/mol. The number of hydrogen-bond donors (Lipinski definition) is 1. The van der Waals surface area contributed by atoms with Crippen molar-refractivity contribution >= 4 is 18.7 Å². The molecule has 19 heavy (non-hydrogen) atoms. The SMILES string of the molecule is CC1(C)OB(c2ccccc2C=CCN)OC1(C)C. The molecule has 4 heteroatoms. The molecule has 0 saturated carbocycles. The maximum atomic E-state index is 6.08. The quantitative estimate of drug-likeness (QED) is 0.844. The van der Waals surface area contributed by atoms with E-state index >= 15 is 0 Å². The second-order valence-corrected chi connectivity index (χ2v) is 5.86. The van der Waals surface area contributed by atoms with E-state index in [2.05, 4.69) is 27.7 Å². The van der Waals surface area contributed by atoms with Crippen LogP contribution in [0.25, 0.3) is 6.08 Å². The van der Waals surface area contributed by atoms with Crippen molar-refractivity contribution in [3.05, 3.63) is 35.9 Å². The molecule has 1 aromatic carbocycles. The van der Waals surface area contributed by atoms with Crippen LogP contribution in [0.5, 0.6) is 0 Å². The minimum absolute atomic E-state index is 0.317. The Kier molecular flexibility index (Phi) is 3.86. The maximum absolute atomic E-state index is 6.08. The number of hydrogen-bond acceptors (Lipinski definition) is 3. The Bertz CT molecular complexity index is 467. The molecular weight excluding hydrogens is 237 g/mol. The molecule has 1 heterocycles. The third-order valence-corrected chi connectivity index (χ3v) is 3.94. The molecule has 2 N–H and O–H groups in total. The highest BCUT2D eigenvalue weighted by Crippen LogP contribution is 2.36. The van der Waals surface area contributed by atoms with Gasteiger partial charge in [-0.3, -0.25) is 0 Å². The lowest BCUT2D eigenvalue weighted by atomic mass is 9.76. The Balaban J connectivity index is 2.32. The van der Waals surface area contributed by atoms with Crippen LogP contribution in [0.15, 0.2) is 30.3 Å². The summed E-state index contributed by atoms with van der Waals surface area (Å²) >= 11 is 0. The number of rotatable bonds is 3. The lowest BCUT2D eigenvalue weighted by Crippen LogP contribution is -2.41. The summed E-state index contributed by atoms with van der Waals surface area (Å²) in [4.78, 5) is 0.